The van der Waals surface area contributed by atoms with Crippen LogP contribution in [0.15, 0.2) is 60.7 Å². The van der Waals surface area contributed by atoms with E-state index in [-0.39, 0.29) is 11.7 Å². The number of nitrogens with zero attached hydrogens (tertiary/aromatic N) is 1. The van der Waals surface area contributed by atoms with Crippen LogP contribution in [-0.2, 0) is 6.54 Å². The van der Waals surface area contributed by atoms with E-state index in [1.165, 1.54) is 24.3 Å². The van der Waals surface area contributed by atoms with Gasteiger partial charge in [-0.2, -0.15) is 0 Å². The third-order valence-corrected chi connectivity index (χ3v) is 3.97. The number of hydrogen-bond acceptors (Lipinski definition) is 2. The fourth-order valence-corrected chi connectivity index (χ4v) is 2.66. The number of benzene rings is 3. The van der Waals surface area contributed by atoms with Gasteiger partial charge < -0.3 is 9.64 Å². The monoisotopic (exact) mass is 323 g/mol. The molecule has 0 N–H and O–H groups in total. The van der Waals surface area contributed by atoms with Crippen molar-refractivity contribution < 1.29 is 13.9 Å². The van der Waals surface area contributed by atoms with Gasteiger partial charge in [-0.15, -0.1) is 0 Å². The average Bonchev–Trinajstić information content (AvgIpc) is 2.61. The Hall–Kier alpha value is -2.88. The highest BCUT2D eigenvalue weighted by Gasteiger charge is 2.12. The number of ether oxygens (including phenoxy) is 1. The molecule has 0 radical (unpaired) electrons. The highest BCUT2D eigenvalue weighted by molar-refractivity contribution is 5.94. The zero-order chi connectivity index (χ0) is 17.1. The van der Waals surface area contributed by atoms with Crippen LogP contribution in [0.25, 0.3) is 10.8 Å². The van der Waals surface area contributed by atoms with Gasteiger partial charge >= 0.3 is 0 Å². The zero-order valence-corrected chi connectivity index (χ0v) is 13.6. The van der Waals surface area contributed by atoms with Crippen molar-refractivity contribution in [3.05, 3.63) is 77.6 Å². The summed E-state index contributed by atoms with van der Waals surface area (Å²) in [6.45, 7) is 0.484. The lowest BCUT2D eigenvalue weighted by Gasteiger charge is -2.18. The van der Waals surface area contributed by atoms with Gasteiger partial charge in [0, 0.05) is 19.2 Å². The van der Waals surface area contributed by atoms with Crippen molar-refractivity contribution in [2.45, 2.75) is 6.54 Å². The van der Waals surface area contributed by atoms with Gasteiger partial charge in [0.1, 0.15) is 11.6 Å². The van der Waals surface area contributed by atoms with Crippen LogP contribution in [0.3, 0.4) is 0 Å². The molecule has 122 valence electrons. The first-order chi connectivity index (χ1) is 11.6. The Morgan fingerprint density at radius 2 is 1.67 bits per heavy atom. The number of fused-ring (bicyclic) bond motifs is 1. The summed E-state index contributed by atoms with van der Waals surface area (Å²) >= 11 is 0. The summed E-state index contributed by atoms with van der Waals surface area (Å²) in [5.74, 6) is 0.336. The molecule has 0 aliphatic rings. The Bertz CT molecular complexity index is 874. The molecule has 0 spiro atoms. The summed E-state index contributed by atoms with van der Waals surface area (Å²) in [4.78, 5) is 14.0. The Labute approximate surface area is 140 Å². The first kappa shape index (κ1) is 16.0. The summed E-state index contributed by atoms with van der Waals surface area (Å²) in [7, 11) is 3.38. The topological polar surface area (TPSA) is 29.5 Å². The molecule has 3 aromatic rings. The van der Waals surface area contributed by atoms with E-state index in [0.29, 0.717) is 12.1 Å². The number of hydrogen-bond donors (Lipinski definition) is 0. The standard InChI is InChI=1S/C20H18FNO2/c1-22(20(23)15-5-8-18(21)9-6-15)13-14-3-4-17-12-19(24-2)10-7-16(17)11-14/h3-12H,13H2,1-2H3. The average molecular weight is 323 g/mol. The zero-order valence-electron chi connectivity index (χ0n) is 13.6. The van der Waals surface area contributed by atoms with Gasteiger partial charge in [-0.1, -0.05) is 18.2 Å². The lowest BCUT2D eigenvalue weighted by Crippen LogP contribution is -2.26. The van der Waals surface area contributed by atoms with Crippen LogP contribution in [0, 0.1) is 5.82 Å². The van der Waals surface area contributed by atoms with Gasteiger partial charge in [0.2, 0.25) is 0 Å². The third-order valence-electron chi connectivity index (χ3n) is 3.97. The minimum atomic E-state index is -0.348. The molecule has 0 aromatic heterocycles. The van der Waals surface area contributed by atoms with Gasteiger partial charge in [0.15, 0.2) is 0 Å². The van der Waals surface area contributed by atoms with Crippen molar-refractivity contribution in [2.75, 3.05) is 14.2 Å². The van der Waals surface area contributed by atoms with Gasteiger partial charge in [0.05, 0.1) is 7.11 Å². The van der Waals surface area contributed by atoms with E-state index in [1.54, 1.807) is 19.1 Å². The predicted molar refractivity (Wildman–Crippen MR) is 92.7 cm³/mol. The molecule has 0 atom stereocenters. The maximum absolute atomic E-state index is 13.0. The van der Waals surface area contributed by atoms with Crippen molar-refractivity contribution in [1.82, 2.24) is 4.90 Å². The van der Waals surface area contributed by atoms with Crippen molar-refractivity contribution in [2.24, 2.45) is 0 Å². The molecule has 0 saturated carbocycles. The Balaban J connectivity index is 1.78. The highest BCUT2D eigenvalue weighted by Crippen LogP contribution is 2.22. The van der Waals surface area contributed by atoms with E-state index in [2.05, 4.69) is 6.07 Å². The molecule has 1 amide bonds. The number of carbonyl (C=O) groups excluding carboxylic acids is 1. The van der Waals surface area contributed by atoms with E-state index in [0.717, 1.165) is 22.1 Å². The molecule has 0 saturated heterocycles. The number of carbonyl (C=O) groups is 1. The van der Waals surface area contributed by atoms with Crippen molar-refractivity contribution in [3.63, 3.8) is 0 Å². The van der Waals surface area contributed by atoms with Crippen molar-refractivity contribution in [1.29, 1.82) is 0 Å². The quantitative estimate of drug-likeness (QED) is 0.718. The van der Waals surface area contributed by atoms with Gasteiger partial charge in [-0.25, -0.2) is 4.39 Å². The second kappa shape index (κ2) is 6.71. The van der Waals surface area contributed by atoms with Crippen molar-refractivity contribution >= 4 is 16.7 Å². The highest BCUT2D eigenvalue weighted by atomic mass is 19.1. The molecule has 0 bridgehead atoms. The lowest BCUT2D eigenvalue weighted by molar-refractivity contribution is 0.0785. The molecule has 3 aromatic carbocycles. The molecule has 3 nitrogen and oxygen atoms in total. The first-order valence-corrected chi connectivity index (χ1v) is 7.64. The Kier molecular flexibility index (Phi) is 4.47. The normalized spacial score (nSPS) is 10.6. The number of halogens is 1. The molecule has 4 heteroatoms. The maximum Gasteiger partial charge on any atom is 0.253 e. The van der Waals surface area contributed by atoms with Crippen LogP contribution in [-0.4, -0.2) is 25.0 Å². The molecule has 0 heterocycles. The third kappa shape index (κ3) is 3.38. The summed E-state index contributed by atoms with van der Waals surface area (Å²) < 4.78 is 18.2. The summed E-state index contributed by atoms with van der Waals surface area (Å²) in [5, 5.41) is 2.18. The van der Waals surface area contributed by atoms with Gasteiger partial charge in [0.25, 0.3) is 5.91 Å². The van der Waals surface area contributed by atoms with Crippen LogP contribution in [0.4, 0.5) is 4.39 Å². The van der Waals surface area contributed by atoms with Crippen LogP contribution in [0.1, 0.15) is 15.9 Å². The molecule has 0 unspecified atom stereocenters. The minimum Gasteiger partial charge on any atom is -0.497 e. The largest absolute Gasteiger partial charge is 0.497 e. The lowest BCUT2D eigenvalue weighted by atomic mass is 10.1. The van der Waals surface area contributed by atoms with E-state index >= 15 is 0 Å². The minimum absolute atomic E-state index is 0.134. The van der Waals surface area contributed by atoms with E-state index in [1.807, 2.05) is 30.3 Å². The smallest absolute Gasteiger partial charge is 0.253 e. The molecule has 24 heavy (non-hydrogen) atoms. The fraction of sp³-hybridized carbons (Fsp3) is 0.150. The number of rotatable bonds is 4. The first-order valence-electron chi connectivity index (χ1n) is 7.64. The van der Waals surface area contributed by atoms with Crippen LogP contribution in [0.2, 0.25) is 0 Å². The van der Waals surface area contributed by atoms with Crippen molar-refractivity contribution in [3.8, 4) is 5.75 Å². The number of methoxy groups -OCH3 is 1. The SMILES string of the molecule is COc1ccc2cc(CN(C)C(=O)c3ccc(F)cc3)ccc2c1. The van der Waals surface area contributed by atoms with Crippen LogP contribution < -0.4 is 4.74 Å². The fourth-order valence-electron chi connectivity index (χ4n) is 2.66. The number of amides is 1. The Morgan fingerprint density at radius 3 is 2.38 bits per heavy atom. The molecular weight excluding hydrogens is 305 g/mol. The molecule has 3 rings (SSSR count). The molecular formula is C20H18FNO2. The summed E-state index contributed by atoms with van der Waals surface area (Å²) in [6.07, 6.45) is 0. The molecule has 0 fully saturated rings. The second-order valence-corrected chi connectivity index (χ2v) is 5.72. The molecule has 0 aliphatic carbocycles. The van der Waals surface area contributed by atoms with Gasteiger partial charge in [-0.05, 0) is 58.8 Å². The second-order valence-electron chi connectivity index (χ2n) is 5.72. The summed E-state index contributed by atoms with van der Waals surface area (Å²) in [5.41, 5.74) is 1.51. The molecule has 0 aliphatic heterocycles. The van der Waals surface area contributed by atoms with E-state index in [9.17, 15) is 9.18 Å². The summed E-state index contributed by atoms with van der Waals surface area (Å²) in [6, 6.07) is 17.6. The van der Waals surface area contributed by atoms with Gasteiger partial charge in [-0.3, -0.25) is 4.79 Å². The predicted octanol–water partition coefficient (Wildman–Crippen LogP) is 4.26. The van der Waals surface area contributed by atoms with E-state index < -0.39 is 0 Å². The van der Waals surface area contributed by atoms with Crippen LogP contribution in [0.5, 0.6) is 5.75 Å². The van der Waals surface area contributed by atoms with Crippen LogP contribution >= 0.6 is 0 Å². The van der Waals surface area contributed by atoms with E-state index in [4.69, 9.17) is 4.74 Å². The Morgan fingerprint density at radius 1 is 1.00 bits per heavy atom. The maximum atomic E-state index is 13.0.